The molecule has 0 heterocycles. The topological polar surface area (TPSA) is 50.9 Å². The fourth-order valence-corrected chi connectivity index (χ4v) is 2.17. The summed E-state index contributed by atoms with van der Waals surface area (Å²) in [5.41, 5.74) is 5.97. The van der Waals surface area contributed by atoms with E-state index in [1.54, 1.807) is 0 Å². The van der Waals surface area contributed by atoms with Gasteiger partial charge in [0.2, 0.25) is 0 Å². The molecule has 2 aliphatic rings. The minimum atomic E-state index is 0.463. The van der Waals surface area contributed by atoms with Gasteiger partial charge < -0.3 is 15.4 Å². The number of hydrogen-bond acceptors (Lipinski definition) is 2. The Kier molecular flexibility index (Phi) is 4.66. The Bertz CT molecular complexity index is 257. The summed E-state index contributed by atoms with van der Waals surface area (Å²) in [6.45, 7) is 2.52. The maximum Gasteiger partial charge on any atom is 0.191 e. The van der Waals surface area contributed by atoms with Crippen LogP contribution in [0.2, 0.25) is 0 Å². The maximum atomic E-state index is 5.97. The average Bonchev–Trinajstić information content (AvgIpc) is 3.01. The molecule has 2 saturated carbocycles. The summed E-state index contributed by atoms with van der Waals surface area (Å²) in [6.07, 6.45) is 7.70. The van der Waals surface area contributed by atoms with Crippen LogP contribution in [0.1, 0.15) is 38.5 Å². The van der Waals surface area contributed by atoms with Crippen molar-refractivity contribution in [3.8, 4) is 0 Å². The fraction of sp³-hybridized carbons (Fsp3) is 0.923. The first kappa shape index (κ1) is 12.7. The standard InChI is InChI=1S/C13H25N3O/c1-16(8-9-17-10-11-6-7-11)13(14)15-12-4-2-3-5-12/h11-12H,2-10H2,1H3,(H2,14,15). The van der Waals surface area contributed by atoms with Crippen molar-refractivity contribution in [2.24, 2.45) is 16.6 Å². The highest BCUT2D eigenvalue weighted by Gasteiger charge is 2.21. The Hall–Kier alpha value is -0.770. The number of ether oxygens (including phenoxy) is 1. The Labute approximate surface area is 104 Å². The molecule has 2 aliphatic carbocycles. The van der Waals surface area contributed by atoms with Crippen molar-refractivity contribution in [1.29, 1.82) is 0 Å². The van der Waals surface area contributed by atoms with Crippen LogP contribution in [-0.2, 0) is 4.74 Å². The van der Waals surface area contributed by atoms with Crippen molar-refractivity contribution < 1.29 is 4.74 Å². The van der Waals surface area contributed by atoms with Gasteiger partial charge in [-0.15, -0.1) is 0 Å². The van der Waals surface area contributed by atoms with Gasteiger partial charge in [0.1, 0.15) is 0 Å². The minimum Gasteiger partial charge on any atom is -0.379 e. The number of guanidine groups is 1. The van der Waals surface area contributed by atoms with Crippen LogP contribution in [0.4, 0.5) is 0 Å². The molecule has 0 saturated heterocycles. The molecule has 0 aliphatic heterocycles. The predicted molar refractivity (Wildman–Crippen MR) is 70.1 cm³/mol. The zero-order chi connectivity index (χ0) is 12.1. The predicted octanol–water partition coefficient (Wildman–Crippen LogP) is 1.60. The number of likely N-dealkylation sites (N-methyl/N-ethyl adjacent to an activating group) is 1. The normalized spacial score (nSPS) is 22.1. The molecule has 0 spiro atoms. The third-order valence-corrected chi connectivity index (χ3v) is 3.65. The molecular weight excluding hydrogens is 214 g/mol. The van der Waals surface area contributed by atoms with E-state index < -0.39 is 0 Å². The highest BCUT2D eigenvalue weighted by molar-refractivity contribution is 5.77. The summed E-state index contributed by atoms with van der Waals surface area (Å²) in [6, 6.07) is 0.463. The second-order valence-corrected chi connectivity index (χ2v) is 5.37. The van der Waals surface area contributed by atoms with E-state index in [-0.39, 0.29) is 0 Å². The zero-order valence-corrected chi connectivity index (χ0v) is 10.9. The molecule has 0 aromatic heterocycles. The van der Waals surface area contributed by atoms with Gasteiger partial charge in [-0.3, -0.25) is 0 Å². The van der Waals surface area contributed by atoms with Gasteiger partial charge in [-0.2, -0.15) is 0 Å². The largest absolute Gasteiger partial charge is 0.379 e. The van der Waals surface area contributed by atoms with E-state index in [1.165, 1.54) is 38.5 Å². The van der Waals surface area contributed by atoms with Crippen LogP contribution in [0.3, 0.4) is 0 Å². The molecule has 17 heavy (non-hydrogen) atoms. The highest BCUT2D eigenvalue weighted by atomic mass is 16.5. The van der Waals surface area contributed by atoms with Crippen molar-refractivity contribution >= 4 is 5.96 Å². The summed E-state index contributed by atoms with van der Waals surface area (Å²) in [4.78, 5) is 6.57. The number of hydrogen-bond donors (Lipinski definition) is 1. The fourth-order valence-electron chi connectivity index (χ4n) is 2.17. The van der Waals surface area contributed by atoms with Crippen LogP contribution < -0.4 is 5.73 Å². The molecule has 2 rings (SSSR count). The quantitative estimate of drug-likeness (QED) is 0.435. The van der Waals surface area contributed by atoms with Gasteiger partial charge in [-0.25, -0.2) is 4.99 Å². The molecule has 4 nitrogen and oxygen atoms in total. The number of aliphatic imine (C=N–C) groups is 1. The smallest absolute Gasteiger partial charge is 0.191 e. The summed E-state index contributed by atoms with van der Waals surface area (Å²) >= 11 is 0. The van der Waals surface area contributed by atoms with Crippen molar-refractivity contribution in [3.63, 3.8) is 0 Å². The first-order chi connectivity index (χ1) is 8.25. The summed E-state index contributed by atoms with van der Waals surface area (Å²) < 4.78 is 5.60. The van der Waals surface area contributed by atoms with E-state index in [0.717, 1.165) is 25.7 Å². The summed E-state index contributed by atoms with van der Waals surface area (Å²) in [5.74, 6) is 1.51. The van der Waals surface area contributed by atoms with Crippen molar-refractivity contribution in [1.82, 2.24) is 4.90 Å². The van der Waals surface area contributed by atoms with Gasteiger partial charge >= 0.3 is 0 Å². The monoisotopic (exact) mass is 239 g/mol. The highest BCUT2D eigenvalue weighted by Crippen LogP contribution is 2.28. The Morgan fingerprint density at radius 2 is 2.00 bits per heavy atom. The molecule has 0 bridgehead atoms. The summed E-state index contributed by atoms with van der Waals surface area (Å²) in [5, 5.41) is 0. The molecule has 98 valence electrons. The molecule has 0 amide bonds. The van der Waals surface area contributed by atoms with E-state index >= 15 is 0 Å². The van der Waals surface area contributed by atoms with Gasteiger partial charge in [0.25, 0.3) is 0 Å². The first-order valence-corrected chi connectivity index (χ1v) is 6.88. The van der Waals surface area contributed by atoms with Gasteiger partial charge in [0, 0.05) is 20.2 Å². The van der Waals surface area contributed by atoms with E-state index in [2.05, 4.69) is 4.99 Å². The SMILES string of the molecule is CN(CCOCC1CC1)C(N)=NC1CCCC1. The lowest BCUT2D eigenvalue weighted by Gasteiger charge is -2.19. The molecule has 0 aromatic carbocycles. The van der Waals surface area contributed by atoms with Crippen LogP contribution in [0.15, 0.2) is 4.99 Å². The second-order valence-electron chi connectivity index (χ2n) is 5.37. The molecule has 2 N–H and O–H groups in total. The van der Waals surface area contributed by atoms with Crippen LogP contribution in [0, 0.1) is 5.92 Å². The molecule has 0 aromatic rings. The van der Waals surface area contributed by atoms with Crippen LogP contribution >= 0.6 is 0 Å². The lowest BCUT2D eigenvalue weighted by molar-refractivity contribution is 0.115. The van der Waals surface area contributed by atoms with E-state index in [9.17, 15) is 0 Å². The average molecular weight is 239 g/mol. The van der Waals surface area contributed by atoms with Crippen LogP contribution in [0.25, 0.3) is 0 Å². The number of nitrogens with zero attached hydrogens (tertiary/aromatic N) is 2. The number of nitrogens with two attached hydrogens (primary N) is 1. The van der Waals surface area contributed by atoms with Crippen molar-refractivity contribution in [2.75, 3.05) is 26.8 Å². The van der Waals surface area contributed by atoms with Crippen molar-refractivity contribution in [2.45, 2.75) is 44.6 Å². The molecule has 0 atom stereocenters. The minimum absolute atomic E-state index is 0.463. The van der Waals surface area contributed by atoms with E-state index in [4.69, 9.17) is 10.5 Å². The summed E-state index contributed by atoms with van der Waals surface area (Å²) in [7, 11) is 1.99. The first-order valence-electron chi connectivity index (χ1n) is 6.88. The molecular formula is C13H25N3O. The second kappa shape index (κ2) is 6.24. The van der Waals surface area contributed by atoms with E-state index in [1.807, 2.05) is 11.9 Å². The lowest BCUT2D eigenvalue weighted by Crippen LogP contribution is -2.37. The molecule has 0 radical (unpaired) electrons. The molecule has 0 unspecified atom stereocenters. The Morgan fingerprint density at radius 3 is 2.65 bits per heavy atom. The van der Waals surface area contributed by atoms with Crippen LogP contribution in [-0.4, -0.2) is 43.7 Å². The molecule has 2 fully saturated rings. The lowest BCUT2D eigenvalue weighted by atomic mass is 10.3. The Balaban J connectivity index is 1.60. The Morgan fingerprint density at radius 1 is 1.29 bits per heavy atom. The molecule has 4 heteroatoms. The van der Waals surface area contributed by atoms with E-state index in [0.29, 0.717) is 12.0 Å². The number of rotatable bonds is 6. The maximum absolute atomic E-state index is 5.97. The zero-order valence-electron chi connectivity index (χ0n) is 10.9. The van der Waals surface area contributed by atoms with Crippen LogP contribution in [0.5, 0.6) is 0 Å². The van der Waals surface area contributed by atoms with Gasteiger partial charge in [-0.1, -0.05) is 12.8 Å². The third kappa shape index (κ3) is 4.54. The van der Waals surface area contributed by atoms with Gasteiger partial charge in [-0.05, 0) is 31.6 Å². The van der Waals surface area contributed by atoms with Crippen molar-refractivity contribution in [3.05, 3.63) is 0 Å². The van der Waals surface area contributed by atoms with Gasteiger partial charge in [0.15, 0.2) is 5.96 Å². The van der Waals surface area contributed by atoms with Gasteiger partial charge in [0.05, 0.1) is 12.6 Å². The third-order valence-electron chi connectivity index (χ3n) is 3.65.